The number of hydrogen-bond acceptors (Lipinski definition) is 5. The first kappa shape index (κ1) is 61.8. The zero-order valence-electron chi connectivity index (χ0n) is 42.5. The number of amides is 1. The number of carbonyl (C=O) groups is 2. The van der Waals surface area contributed by atoms with Crippen LogP contribution in [0.25, 0.3) is 0 Å². The lowest BCUT2D eigenvalue weighted by Gasteiger charge is -2.20. The van der Waals surface area contributed by atoms with E-state index in [-0.39, 0.29) is 18.5 Å². The van der Waals surface area contributed by atoms with Crippen LogP contribution in [0.4, 0.5) is 0 Å². The molecule has 0 rings (SSSR count). The molecule has 64 heavy (non-hydrogen) atoms. The summed E-state index contributed by atoms with van der Waals surface area (Å²) >= 11 is 0. The number of carbonyl (C=O) groups excluding carboxylic acids is 2. The number of unbranched alkanes of at least 4 members (excludes halogenated alkanes) is 34. The zero-order valence-corrected chi connectivity index (χ0v) is 42.5. The number of allylic oxidation sites excluding steroid dienone is 7. The Morgan fingerprint density at radius 2 is 0.797 bits per heavy atom. The summed E-state index contributed by atoms with van der Waals surface area (Å²) in [7, 11) is 0. The Morgan fingerprint density at radius 1 is 0.438 bits per heavy atom. The second kappa shape index (κ2) is 53.4. The maximum atomic E-state index is 12.5. The highest BCUT2D eigenvalue weighted by atomic mass is 16.5. The van der Waals surface area contributed by atoms with Crippen molar-refractivity contribution in [2.24, 2.45) is 0 Å². The molecule has 0 heterocycles. The van der Waals surface area contributed by atoms with Gasteiger partial charge in [-0.05, 0) is 83.5 Å². The molecule has 0 bridgehead atoms. The van der Waals surface area contributed by atoms with Crippen LogP contribution in [-0.4, -0.2) is 47.4 Å². The molecule has 2 atom stereocenters. The molecule has 0 aromatic carbocycles. The Hall–Kier alpha value is -2.18. The first-order chi connectivity index (χ1) is 31.5. The van der Waals surface area contributed by atoms with Crippen LogP contribution in [0.15, 0.2) is 48.6 Å². The van der Waals surface area contributed by atoms with Crippen molar-refractivity contribution in [2.75, 3.05) is 13.2 Å². The second-order valence-electron chi connectivity index (χ2n) is 18.9. The third-order valence-corrected chi connectivity index (χ3v) is 12.6. The van der Waals surface area contributed by atoms with Crippen molar-refractivity contribution < 1.29 is 24.5 Å². The molecule has 0 aliphatic rings. The summed E-state index contributed by atoms with van der Waals surface area (Å²) < 4.78 is 5.45. The average Bonchev–Trinajstić information content (AvgIpc) is 3.29. The Bertz CT molecular complexity index is 1080. The minimum atomic E-state index is -0.856. The van der Waals surface area contributed by atoms with Gasteiger partial charge in [0.1, 0.15) is 0 Å². The third-order valence-electron chi connectivity index (χ3n) is 12.6. The van der Waals surface area contributed by atoms with Crippen LogP contribution >= 0.6 is 0 Å². The maximum Gasteiger partial charge on any atom is 0.305 e. The van der Waals surface area contributed by atoms with Gasteiger partial charge in [0.25, 0.3) is 0 Å². The lowest BCUT2D eigenvalue weighted by Crippen LogP contribution is -2.45. The Labute approximate surface area is 397 Å². The summed E-state index contributed by atoms with van der Waals surface area (Å²) in [5.74, 6) is -0.104. The van der Waals surface area contributed by atoms with Gasteiger partial charge in [-0.2, -0.15) is 0 Å². The van der Waals surface area contributed by atoms with Crippen LogP contribution in [0, 0.1) is 0 Å². The molecule has 0 saturated heterocycles. The Morgan fingerprint density at radius 3 is 1.25 bits per heavy atom. The minimum absolute atomic E-state index is 0.0191. The van der Waals surface area contributed by atoms with Gasteiger partial charge in [-0.1, -0.05) is 236 Å². The predicted molar refractivity (Wildman–Crippen MR) is 278 cm³/mol. The monoisotopic (exact) mass is 898 g/mol. The smallest absolute Gasteiger partial charge is 0.305 e. The van der Waals surface area contributed by atoms with Gasteiger partial charge >= 0.3 is 5.97 Å². The van der Waals surface area contributed by atoms with Crippen molar-refractivity contribution in [1.82, 2.24) is 5.32 Å². The Kier molecular flexibility index (Phi) is 51.6. The molecule has 0 aliphatic heterocycles. The third kappa shape index (κ3) is 49.3. The highest BCUT2D eigenvalue weighted by Gasteiger charge is 2.18. The standard InChI is InChI=1S/C58H107NO5/c1-3-5-7-9-11-13-15-17-19-20-23-26-30-34-38-42-46-50-56(61)55(54-60)59-57(62)51-47-43-39-35-31-27-24-21-22-25-29-33-37-41-45-49-53-64-58(63)52-48-44-40-36-32-28-18-16-14-12-10-8-6-4-2/h10,12,16,18,21,24,46,50,55-56,60-61H,3-9,11,13-15,17,19-20,22-23,25-45,47-49,51-54H2,1-2H3,(H,59,62)/b12-10-,18-16-,24-21-,50-46+. The zero-order chi connectivity index (χ0) is 46.5. The highest BCUT2D eigenvalue weighted by Crippen LogP contribution is 2.15. The molecule has 6 heteroatoms. The fraction of sp³-hybridized carbons (Fsp3) is 0.828. The van der Waals surface area contributed by atoms with Gasteiger partial charge in [-0.3, -0.25) is 9.59 Å². The molecule has 6 nitrogen and oxygen atoms in total. The summed E-state index contributed by atoms with van der Waals surface area (Å²) in [6.07, 6.45) is 66.9. The highest BCUT2D eigenvalue weighted by molar-refractivity contribution is 5.76. The molecule has 374 valence electrons. The lowest BCUT2D eigenvalue weighted by atomic mass is 10.0. The van der Waals surface area contributed by atoms with Crippen LogP contribution in [-0.2, 0) is 14.3 Å². The molecule has 0 saturated carbocycles. The van der Waals surface area contributed by atoms with E-state index in [1.807, 2.05) is 6.08 Å². The summed E-state index contributed by atoms with van der Waals surface area (Å²) in [6.45, 7) is 4.83. The van der Waals surface area contributed by atoms with Gasteiger partial charge < -0.3 is 20.3 Å². The molecule has 3 N–H and O–H groups in total. The molecule has 2 unspecified atom stereocenters. The first-order valence-corrected chi connectivity index (χ1v) is 27.9. The summed E-state index contributed by atoms with van der Waals surface area (Å²) in [5, 5.41) is 23.1. The first-order valence-electron chi connectivity index (χ1n) is 27.9. The van der Waals surface area contributed by atoms with Crippen molar-refractivity contribution in [1.29, 1.82) is 0 Å². The maximum absolute atomic E-state index is 12.5. The van der Waals surface area contributed by atoms with E-state index >= 15 is 0 Å². The summed E-state index contributed by atoms with van der Waals surface area (Å²) in [6, 6.07) is -0.641. The average molecular weight is 898 g/mol. The van der Waals surface area contributed by atoms with Crippen LogP contribution < -0.4 is 5.32 Å². The van der Waals surface area contributed by atoms with Crippen molar-refractivity contribution in [3.63, 3.8) is 0 Å². The van der Waals surface area contributed by atoms with E-state index in [0.717, 1.165) is 70.6 Å². The Balaban J connectivity index is 3.52. The van der Waals surface area contributed by atoms with E-state index in [1.54, 1.807) is 6.08 Å². The molecule has 1 amide bonds. The van der Waals surface area contributed by atoms with Gasteiger partial charge in [0.05, 0.1) is 25.4 Å². The minimum Gasteiger partial charge on any atom is -0.466 e. The molecular formula is C58H107NO5. The number of rotatable bonds is 51. The number of nitrogens with one attached hydrogen (secondary N) is 1. The summed E-state index contributed by atoms with van der Waals surface area (Å²) in [4.78, 5) is 24.5. The number of hydrogen-bond donors (Lipinski definition) is 3. The van der Waals surface area contributed by atoms with Gasteiger partial charge in [-0.25, -0.2) is 0 Å². The van der Waals surface area contributed by atoms with Gasteiger partial charge in [-0.15, -0.1) is 0 Å². The van der Waals surface area contributed by atoms with Gasteiger partial charge in [0.2, 0.25) is 5.91 Å². The van der Waals surface area contributed by atoms with Crippen molar-refractivity contribution >= 4 is 11.9 Å². The molecule has 0 aromatic rings. The van der Waals surface area contributed by atoms with E-state index in [2.05, 4.69) is 55.6 Å². The molecule has 0 fully saturated rings. The van der Waals surface area contributed by atoms with E-state index in [4.69, 9.17) is 4.74 Å². The predicted octanol–water partition coefficient (Wildman–Crippen LogP) is 17.0. The normalized spacial score (nSPS) is 13.0. The second-order valence-corrected chi connectivity index (χ2v) is 18.9. The summed E-state index contributed by atoms with van der Waals surface area (Å²) in [5.41, 5.74) is 0. The van der Waals surface area contributed by atoms with E-state index < -0.39 is 12.1 Å². The van der Waals surface area contributed by atoms with Gasteiger partial charge in [0, 0.05) is 12.8 Å². The fourth-order valence-electron chi connectivity index (χ4n) is 8.23. The van der Waals surface area contributed by atoms with E-state index in [1.165, 1.54) is 186 Å². The molecule has 0 aliphatic carbocycles. The molecular weight excluding hydrogens is 791 g/mol. The molecule has 0 aromatic heterocycles. The van der Waals surface area contributed by atoms with Crippen LogP contribution in [0.2, 0.25) is 0 Å². The van der Waals surface area contributed by atoms with Crippen LogP contribution in [0.5, 0.6) is 0 Å². The largest absolute Gasteiger partial charge is 0.466 e. The lowest BCUT2D eigenvalue weighted by molar-refractivity contribution is -0.143. The van der Waals surface area contributed by atoms with Gasteiger partial charge in [0.15, 0.2) is 0 Å². The quantitative estimate of drug-likeness (QED) is 0.0321. The van der Waals surface area contributed by atoms with Crippen molar-refractivity contribution in [2.45, 2.75) is 296 Å². The van der Waals surface area contributed by atoms with E-state index in [0.29, 0.717) is 19.4 Å². The number of esters is 1. The topological polar surface area (TPSA) is 95.9 Å². The number of ether oxygens (including phenoxy) is 1. The molecule has 0 radical (unpaired) electrons. The number of aliphatic hydroxyl groups excluding tert-OH is 2. The SMILES string of the molecule is CCCC/C=C\C/C=C\CCCCCCCC(=O)OCCCCCCCCC/C=C\CCCCCCCC(=O)NC(CO)C(O)/C=C/CCCCCCCCCCCCCCCCC. The molecule has 0 spiro atoms. The number of aliphatic hydroxyl groups is 2. The van der Waals surface area contributed by atoms with Crippen LogP contribution in [0.3, 0.4) is 0 Å². The van der Waals surface area contributed by atoms with E-state index in [9.17, 15) is 19.8 Å². The van der Waals surface area contributed by atoms with Crippen LogP contribution in [0.1, 0.15) is 284 Å². The fourth-order valence-corrected chi connectivity index (χ4v) is 8.23. The van der Waals surface area contributed by atoms with Crippen molar-refractivity contribution in [3.8, 4) is 0 Å². The van der Waals surface area contributed by atoms with Crippen molar-refractivity contribution in [3.05, 3.63) is 48.6 Å².